The number of carbonyl (C=O) groups is 1. The van der Waals surface area contributed by atoms with Gasteiger partial charge in [-0.05, 0) is 80.7 Å². The summed E-state index contributed by atoms with van der Waals surface area (Å²) in [6, 6.07) is 16.1. The van der Waals surface area contributed by atoms with E-state index in [1.807, 2.05) is 62.5 Å². The van der Waals surface area contributed by atoms with Gasteiger partial charge in [0.2, 0.25) is 11.6 Å². The number of carbonyl (C=O) groups excluding carboxylic acids is 1. The molecule has 0 fully saturated rings. The van der Waals surface area contributed by atoms with Gasteiger partial charge < -0.3 is 20.2 Å². The third-order valence-electron chi connectivity index (χ3n) is 7.37. The molecule has 3 N–H and O–H groups in total. The summed E-state index contributed by atoms with van der Waals surface area (Å²) in [5.41, 5.74) is 15.2. The number of aryl methyl sites for hydroxylation is 2. The van der Waals surface area contributed by atoms with Gasteiger partial charge in [-0.25, -0.2) is 9.98 Å². The third-order valence-corrected chi connectivity index (χ3v) is 7.37. The van der Waals surface area contributed by atoms with Crippen LogP contribution in [0.5, 0.6) is 5.75 Å². The zero-order valence-corrected chi connectivity index (χ0v) is 22.2. The molecule has 0 radical (unpaired) electrons. The van der Waals surface area contributed by atoms with Crippen molar-refractivity contribution in [2.45, 2.75) is 45.3 Å². The number of dihydropyridines is 1. The summed E-state index contributed by atoms with van der Waals surface area (Å²) < 4.78 is 8.61. The van der Waals surface area contributed by atoms with Crippen LogP contribution in [-0.4, -0.2) is 26.7 Å². The maximum atomic E-state index is 11.8. The van der Waals surface area contributed by atoms with Gasteiger partial charge in [0.1, 0.15) is 11.6 Å². The van der Waals surface area contributed by atoms with Gasteiger partial charge in [-0.2, -0.15) is 0 Å². The number of amides is 1. The normalized spacial score (nSPS) is 18.1. The van der Waals surface area contributed by atoms with Crippen LogP contribution in [0.3, 0.4) is 0 Å². The Hall–Kier alpha value is -4.65. The molecule has 2 aromatic carbocycles. The maximum Gasteiger partial charge on any atom is 0.247 e. The number of nitrogen functional groups attached to an aromatic ring is 1. The van der Waals surface area contributed by atoms with Crippen molar-refractivity contribution in [3.63, 3.8) is 0 Å². The molecule has 0 aliphatic carbocycles. The Kier molecular flexibility index (Phi) is 6.06. The molecule has 2 aliphatic heterocycles. The fourth-order valence-corrected chi connectivity index (χ4v) is 5.71. The van der Waals surface area contributed by atoms with E-state index in [1.165, 1.54) is 11.8 Å². The van der Waals surface area contributed by atoms with Crippen LogP contribution >= 0.6 is 0 Å². The van der Waals surface area contributed by atoms with Crippen LogP contribution in [0.15, 0.2) is 84.5 Å². The number of aliphatic imine (C=N–C) groups is 1. The Balaban J connectivity index is 1.46. The van der Waals surface area contributed by atoms with Crippen molar-refractivity contribution >= 4 is 28.6 Å². The second-order valence-electron chi connectivity index (χ2n) is 10.3. The van der Waals surface area contributed by atoms with Crippen LogP contribution in [0, 0.1) is 0 Å². The minimum Gasteiger partial charge on any atom is -0.466 e. The number of allylic oxidation sites excluding steroid dienone is 1. The smallest absolute Gasteiger partial charge is 0.247 e. The molecule has 6 rings (SSSR count). The van der Waals surface area contributed by atoms with Crippen LogP contribution in [0.1, 0.15) is 38.1 Å². The lowest BCUT2D eigenvalue weighted by atomic mass is 9.93. The van der Waals surface area contributed by atoms with Gasteiger partial charge in [-0.15, -0.1) is 0 Å². The van der Waals surface area contributed by atoms with Crippen molar-refractivity contribution in [3.05, 3.63) is 90.9 Å². The Bertz CT molecular complexity index is 1660. The van der Waals surface area contributed by atoms with Gasteiger partial charge in [0.05, 0.1) is 5.52 Å². The molecular weight excluding hydrogens is 486 g/mol. The standard InChI is InChI=1S/C32H31N5O2/c1-4-27(38)35-23-14-10-21(11-15-23)28-26-9-5-8-24-19-34-31(33)30(37(24)26)29(28)22-12-16-25(17-13-22)39-32(3)18-6-7-20(2)36-32/h4,6-7,10-17,19H,1,5,8-9,18H2,2-3H3,(H2,33,34)(H,35,38). The average molecular weight is 518 g/mol. The Morgan fingerprint density at radius 2 is 1.82 bits per heavy atom. The Morgan fingerprint density at radius 3 is 2.54 bits per heavy atom. The van der Waals surface area contributed by atoms with Crippen molar-refractivity contribution in [3.8, 4) is 28.0 Å². The first-order chi connectivity index (χ1) is 18.8. The first-order valence-electron chi connectivity index (χ1n) is 13.2. The minimum atomic E-state index is -0.619. The van der Waals surface area contributed by atoms with Gasteiger partial charge >= 0.3 is 0 Å². The topological polar surface area (TPSA) is 94.0 Å². The number of rotatable bonds is 6. The van der Waals surface area contributed by atoms with E-state index in [-0.39, 0.29) is 5.91 Å². The summed E-state index contributed by atoms with van der Waals surface area (Å²) in [5.74, 6) is 1.03. The molecule has 4 aromatic rings. The highest BCUT2D eigenvalue weighted by molar-refractivity contribution is 6.02. The van der Waals surface area contributed by atoms with E-state index >= 15 is 0 Å². The van der Waals surface area contributed by atoms with Crippen molar-refractivity contribution in [2.75, 3.05) is 11.1 Å². The Morgan fingerprint density at radius 1 is 1.10 bits per heavy atom. The second kappa shape index (κ2) is 9.58. The lowest BCUT2D eigenvalue weighted by Crippen LogP contribution is -2.32. The zero-order valence-electron chi connectivity index (χ0n) is 22.2. The summed E-state index contributed by atoms with van der Waals surface area (Å²) in [4.78, 5) is 21.1. The highest BCUT2D eigenvalue weighted by Gasteiger charge is 2.28. The van der Waals surface area contributed by atoms with Crippen LogP contribution in [0.2, 0.25) is 0 Å². The van der Waals surface area contributed by atoms with E-state index in [4.69, 9.17) is 15.5 Å². The first kappa shape index (κ1) is 24.7. The molecule has 7 heteroatoms. The van der Waals surface area contributed by atoms with Gasteiger partial charge in [0, 0.05) is 46.5 Å². The van der Waals surface area contributed by atoms with Gasteiger partial charge in [0.25, 0.3) is 0 Å². The predicted octanol–water partition coefficient (Wildman–Crippen LogP) is 6.38. The number of benzene rings is 2. The molecule has 196 valence electrons. The molecular formula is C32H31N5O2. The number of aromatic nitrogens is 2. The molecule has 0 spiro atoms. The molecule has 4 heterocycles. The summed E-state index contributed by atoms with van der Waals surface area (Å²) in [6.07, 6.45) is 10.9. The van der Waals surface area contributed by atoms with Crippen LogP contribution in [-0.2, 0) is 17.6 Å². The SMILES string of the molecule is C=CC(=O)Nc1ccc(-c2c(-c3ccc(OC4(C)CC=CC(C)=N4)cc3)c3c(N)ncc4n3c2CCC4)cc1. The number of ether oxygens (including phenoxy) is 1. The second-order valence-corrected chi connectivity index (χ2v) is 10.3. The molecule has 2 aromatic heterocycles. The van der Waals surface area contributed by atoms with E-state index < -0.39 is 5.72 Å². The maximum absolute atomic E-state index is 11.8. The summed E-state index contributed by atoms with van der Waals surface area (Å²) >= 11 is 0. The summed E-state index contributed by atoms with van der Waals surface area (Å²) in [5, 5.41) is 2.83. The third kappa shape index (κ3) is 4.50. The number of anilines is 2. The lowest BCUT2D eigenvalue weighted by Gasteiger charge is -2.28. The number of nitrogens with one attached hydrogen (secondary N) is 1. The van der Waals surface area contributed by atoms with Gasteiger partial charge in [0.15, 0.2) is 0 Å². The Labute approximate surface area is 227 Å². The van der Waals surface area contributed by atoms with Crippen molar-refractivity contribution in [1.82, 2.24) is 9.38 Å². The number of nitrogens with two attached hydrogens (primary N) is 1. The zero-order chi connectivity index (χ0) is 27.1. The average Bonchev–Trinajstić information content (AvgIpc) is 3.28. The molecule has 0 saturated heterocycles. The molecule has 1 amide bonds. The fraction of sp³-hybridized carbons (Fsp3) is 0.219. The quantitative estimate of drug-likeness (QED) is 0.290. The van der Waals surface area contributed by atoms with E-state index in [1.54, 1.807) is 0 Å². The van der Waals surface area contributed by atoms with E-state index in [0.29, 0.717) is 5.82 Å². The predicted molar refractivity (Wildman–Crippen MR) is 157 cm³/mol. The summed E-state index contributed by atoms with van der Waals surface area (Å²) in [7, 11) is 0. The first-order valence-corrected chi connectivity index (χ1v) is 13.2. The minimum absolute atomic E-state index is 0.238. The van der Waals surface area contributed by atoms with Crippen molar-refractivity contribution in [1.29, 1.82) is 0 Å². The number of hydrogen-bond acceptors (Lipinski definition) is 5. The number of hydrogen-bond donors (Lipinski definition) is 2. The summed E-state index contributed by atoms with van der Waals surface area (Å²) in [6.45, 7) is 7.52. The molecule has 2 aliphatic rings. The molecule has 0 bridgehead atoms. The molecule has 7 nitrogen and oxygen atoms in total. The van der Waals surface area contributed by atoms with Crippen LogP contribution < -0.4 is 15.8 Å². The number of nitrogens with zero attached hydrogens (tertiary/aromatic N) is 3. The van der Waals surface area contributed by atoms with Crippen molar-refractivity contribution < 1.29 is 9.53 Å². The largest absolute Gasteiger partial charge is 0.466 e. The van der Waals surface area contributed by atoms with Gasteiger partial charge in [-0.3, -0.25) is 4.79 Å². The molecule has 1 unspecified atom stereocenters. The van der Waals surface area contributed by atoms with E-state index in [9.17, 15) is 4.79 Å². The highest BCUT2D eigenvalue weighted by atomic mass is 16.5. The van der Waals surface area contributed by atoms with Crippen LogP contribution in [0.25, 0.3) is 27.8 Å². The van der Waals surface area contributed by atoms with Crippen molar-refractivity contribution in [2.24, 2.45) is 4.99 Å². The highest BCUT2D eigenvalue weighted by Crippen LogP contribution is 2.45. The van der Waals surface area contributed by atoms with E-state index in [2.05, 4.69) is 39.5 Å². The molecule has 0 saturated carbocycles. The fourth-order valence-electron chi connectivity index (χ4n) is 5.71. The molecule has 1 atom stereocenters. The van der Waals surface area contributed by atoms with Gasteiger partial charge in [-0.1, -0.05) is 36.9 Å². The lowest BCUT2D eigenvalue weighted by molar-refractivity contribution is -0.111. The monoisotopic (exact) mass is 517 g/mol. The molecule has 39 heavy (non-hydrogen) atoms. The van der Waals surface area contributed by atoms with Crippen LogP contribution in [0.4, 0.5) is 11.5 Å². The van der Waals surface area contributed by atoms with E-state index in [0.717, 1.165) is 76.3 Å².